The van der Waals surface area contributed by atoms with Crippen LogP contribution in [0.15, 0.2) is 16.6 Å². The smallest absolute Gasteiger partial charge is 0.338 e. The lowest BCUT2D eigenvalue weighted by atomic mass is 10.0. The second-order valence-corrected chi connectivity index (χ2v) is 4.64. The van der Waals surface area contributed by atoms with Gasteiger partial charge in [-0.25, -0.2) is 4.79 Å². The highest BCUT2D eigenvalue weighted by Crippen LogP contribution is 2.29. The molecule has 0 aliphatic carbocycles. The van der Waals surface area contributed by atoms with Crippen molar-refractivity contribution in [1.29, 1.82) is 0 Å². The number of carbonyl (C=O) groups is 1. The van der Waals surface area contributed by atoms with E-state index in [0.29, 0.717) is 5.56 Å². The molecule has 4 heteroatoms. The first kappa shape index (κ1) is 14.0. The van der Waals surface area contributed by atoms with E-state index in [2.05, 4.69) is 22.9 Å². The second kappa shape index (κ2) is 6.64. The molecule has 0 aromatic heterocycles. The van der Waals surface area contributed by atoms with Gasteiger partial charge in [-0.3, -0.25) is 0 Å². The molecule has 0 saturated carbocycles. The Kier molecular flexibility index (Phi) is 5.48. The van der Waals surface area contributed by atoms with Crippen molar-refractivity contribution in [2.24, 2.45) is 0 Å². The molecule has 0 amide bonds. The van der Waals surface area contributed by atoms with Gasteiger partial charge in [-0.15, -0.1) is 0 Å². The van der Waals surface area contributed by atoms with Crippen molar-refractivity contribution >= 4 is 21.9 Å². The zero-order valence-electron chi connectivity index (χ0n) is 10.4. The van der Waals surface area contributed by atoms with Crippen LogP contribution in [0.2, 0.25) is 0 Å². The summed E-state index contributed by atoms with van der Waals surface area (Å²) < 4.78 is 10.9. The molecule has 0 spiro atoms. The Hall–Kier alpha value is -1.03. The minimum absolute atomic E-state index is 0.323. The number of hydrogen-bond acceptors (Lipinski definition) is 3. The van der Waals surface area contributed by atoms with Crippen LogP contribution in [0.5, 0.6) is 5.75 Å². The van der Waals surface area contributed by atoms with Gasteiger partial charge in [-0.1, -0.05) is 29.3 Å². The number of ether oxygens (including phenoxy) is 2. The zero-order valence-corrected chi connectivity index (χ0v) is 12.0. The molecule has 0 aliphatic rings. The number of unbranched alkanes of at least 4 members (excludes halogenated alkanes) is 1. The number of hydrogen-bond donors (Lipinski definition) is 0. The third-order valence-corrected chi connectivity index (χ3v) is 3.04. The first-order chi connectivity index (χ1) is 8.13. The molecular weight excluding hydrogens is 284 g/mol. The summed E-state index contributed by atoms with van der Waals surface area (Å²) in [7, 11) is 3.00. The van der Waals surface area contributed by atoms with E-state index in [0.717, 1.165) is 35.0 Å². The molecule has 0 N–H and O–H groups in total. The van der Waals surface area contributed by atoms with Crippen LogP contribution in [0.3, 0.4) is 0 Å². The highest BCUT2D eigenvalue weighted by molar-refractivity contribution is 9.10. The highest BCUT2D eigenvalue weighted by atomic mass is 79.9. The van der Waals surface area contributed by atoms with Gasteiger partial charge in [0.2, 0.25) is 0 Å². The Morgan fingerprint density at radius 1 is 1.35 bits per heavy atom. The highest BCUT2D eigenvalue weighted by Gasteiger charge is 2.17. The van der Waals surface area contributed by atoms with Gasteiger partial charge in [-0.2, -0.15) is 0 Å². The van der Waals surface area contributed by atoms with E-state index in [1.54, 1.807) is 13.2 Å². The number of benzene rings is 1. The summed E-state index contributed by atoms with van der Waals surface area (Å²) in [6.45, 7) is 2.11. The number of halogens is 1. The van der Waals surface area contributed by atoms with Crippen LogP contribution >= 0.6 is 15.9 Å². The Balaban J connectivity index is 3.23. The number of rotatable bonds is 5. The molecule has 0 atom stereocenters. The van der Waals surface area contributed by atoms with E-state index < -0.39 is 0 Å². The standard InChI is InChI=1S/C13H17BrO3/c1-4-5-6-10-11(13(15)17-3)7-9(14)8-12(10)16-2/h7-8H,4-6H2,1-3H3. The van der Waals surface area contributed by atoms with Gasteiger partial charge in [0.25, 0.3) is 0 Å². The Morgan fingerprint density at radius 2 is 2.06 bits per heavy atom. The second-order valence-electron chi connectivity index (χ2n) is 3.73. The van der Waals surface area contributed by atoms with Crippen LogP contribution in [0.4, 0.5) is 0 Å². The van der Waals surface area contributed by atoms with Crippen LogP contribution in [-0.2, 0) is 11.2 Å². The van der Waals surface area contributed by atoms with E-state index in [1.807, 2.05) is 6.07 Å². The maximum absolute atomic E-state index is 11.7. The lowest BCUT2D eigenvalue weighted by Crippen LogP contribution is -2.07. The summed E-state index contributed by atoms with van der Waals surface area (Å²) in [5.74, 6) is 0.406. The monoisotopic (exact) mass is 300 g/mol. The Morgan fingerprint density at radius 3 is 2.59 bits per heavy atom. The minimum atomic E-state index is -0.323. The molecule has 0 aliphatic heterocycles. The molecule has 0 fully saturated rings. The molecule has 1 rings (SSSR count). The summed E-state index contributed by atoms with van der Waals surface area (Å²) in [4.78, 5) is 11.7. The molecule has 0 heterocycles. The third kappa shape index (κ3) is 3.46. The Bertz CT molecular complexity index is 402. The Labute approximate surface area is 110 Å². The van der Waals surface area contributed by atoms with Crippen LogP contribution in [0, 0.1) is 0 Å². The predicted octanol–water partition coefficient (Wildman–Crippen LogP) is 3.59. The topological polar surface area (TPSA) is 35.5 Å². The van der Waals surface area contributed by atoms with Gasteiger partial charge in [0.1, 0.15) is 5.75 Å². The van der Waals surface area contributed by atoms with Crippen molar-refractivity contribution in [3.05, 3.63) is 27.7 Å². The molecule has 0 radical (unpaired) electrons. The average Bonchev–Trinajstić information content (AvgIpc) is 2.35. The molecule has 0 bridgehead atoms. The van der Waals surface area contributed by atoms with E-state index in [4.69, 9.17) is 9.47 Å². The summed E-state index contributed by atoms with van der Waals surface area (Å²) in [5, 5.41) is 0. The van der Waals surface area contributed by atoms with Crippen LogP contribution in [0.25, 0.3) is 0 Å². The minimum Gasteiger partial charge on any atom is -0.496 e. The van der Waals surface area contributed by atoms with E-state index >= 15 is 0 Å². The largest absolute Gasteiger partial charge is 0.496 e. The molecule has 0 saturated heterocycles. The normalized spacial score (nSPS) is 10.1. The van der Waals surface area contributed by atoms with E-state index in [9.17, 15) is 4.79 Å². The summed E-state index contributed by atoms with van der Waals surface area (Å²) >= 11 is 3.37. The van der Waals surface area contributed by atoms with Gasteiger partial charge < -0.3 is 9.47 Å². The predicted molar refractivity (Wildman–Crippen MR) is 70.6 cm³/mol. The summed E-state index contributed by atoms with van der Waals surface area (Å²) in [6, 6.07) is 3.65. The fraction of sp³-hybridized carbons (Fsp3) is 0.462. The van der Waals surface area contributed by atoms with Crippen molar-refractivity contribution in [2.75, 3.05) is 14.2 Å². The molecule has 3 nitrogen and oxygen atoms in total. The number of methoxy groups -OCH3 is 2. The van der Waals surface area contributed by atoms with Crippen molar-refractivity contribution < 1.29 is 14.3 Å². The molecule has 0 unspecified atom stereocenters. The molecule has 1 aromatic rings. The maximum atomic E-state index is 11.7. The van der Waals surface area contributed by atoms with Gasteiger partial charge in [0.05, 0.1) is 19.8 Å². The van der Waals surface area contributed by atoms with Crippen LogP contribution < -0.4 is 4.74 Å². The van der Waals surface area contributed by atoms with Gasteiger partial charge in [0, 0.05) is 10.0 Å². The summed E-state index contributed by atoms with van der Waals surface area (Å²) in [6.07, 6.45) is 2.90. The molecular formula is C13H17BrO3. The lowest BCUT2D eigenvalue weighted by Gasteiger charge is -2.13. The van der Waals surface area contributed by atoms with Crippen molar-refractivity contribution in [3.63, 3.8) is 0 Å². The third-order valence-electron chi connectivity index (χ3n) is 2.58. The number of carbonyl (C=O) groups excluding carboxylic acids is 1. The average molecular weight is 301 g/mol. The van der Waals surface area contributed by atoms with Gasteiger partial charge in [0.15, 0.2) is 0 Å². The number of esters is 1. The fourth-order valence-corrected chi connectivity index (χ4v) is 2.13. The lowest BCUT2D eigenvalue weighted by molar-refractivity contribution is 0.0599. The van der Waals surface area contributed by atoms with Crippen LogP contribution in [0.1, 0.15) is 35.7 Å². The maximum Gasteiger partial charge on any atom is 0.338 e. The van der Waals surface area contributed by atoms with Crippen LogP contribution in [-0.4, -0.2) is 20.2 Å². The van der Waals surface area contributed by atoms with Gasteiger partial charge >= 0.3 is 5.97 Å². The molecule has 17 heavy (non-hydrogen) atoms. The first-order valence-electron chi connectivity index (χ1n) is 5.58. The van der Waals surface area contributed by atoms with Crippen molar-refractivity contribution in [2.45, 2.75) is 26.2 Å². The van der Waals surface area contributed by atoms with Crippen molar-refractivity contribution in [3.8, 4) is 5.75 Å². The molecule has 94 valence electrons. The van der Waals surface area contributed by atoms with E-state index in [-0.39, 0.29) is 5.97 Å². The van der Waals surface area contributed by atoms with Crippen molar-refractivity contribution in [1.82, 2.24) is 0 Å². The summed E-state index contributed by atoms with van der Waals surface area (Å²) in [5.41, 5.74) is 1.50. The van der Waals surface area contributed by atoms with E-state index in [1.165, 1.54) is 7.11 Å². The molecule has 1 aromatic carbocycles. The zero-order chi connectivity index (χ0) is 12.8. The quantitative estimate of drug-likeness (QED) is 0.780. The van der Waals surface area contributed by atoms with Gasteiger partial charge in [-0.05, 0) is 25.0 Å². The fourth-order valence-electron chi connectivity index (χ4n) is 1.70. The first-order valence-corrected chi connectivity index (χ1v) is 6.38. The SMILES string of the molecule is CCCCc1c(OC)cc(Br)cc1C(=O)OC.